The summed E-state index contributed by atoms with van der Waals surface area (Å²) in [5.41, 5.74) is 7.76. The average molecular weight is 457 g/mol. The first kappa shape index (κ1) is 19.0. The number of hydrogen-bond acceptors (Lipinski definition) is 2. The highest BCUT2D eigenvalue weighted by atomic mass is 15.0. The number of aromatic nitrogens is 2. The smallest absolute Gasteiger partial charge is 0.0992 e. The van der Waals surface area contributed by atoms with E-state index in [1.54, 1.807) is 0 Å². The highest BCUT2D eigenvalue weighted by Gasteiger charge is 2.24. The van der Waals surface area contributed by atoms with Crippen LogP contribution in [0.15, 0.2) is 97.1 Å². The van der Waals surface area contributed by atoms with Crippen LogP contribution in [0.4, 0.5) is 0 Å². The first-order valence-electron chi connectivity index (χ1n) is 11.8. The highest BCUT2D eigenvalue weighted by molar-refractivity contribution is 6.34. The van der Waals surface area contributed by atoms with Crippen LogP contribution in [0, 0.1) is 22.7 Å². The van der Waals surface area contributed by atoms with E-state index in [-0.39, 0.29) is 0 Å². The molecule has 8 rings (SSSR count). The van der Waals surface area contributed by atoms with Crippen molar-refractivity contribution in [1.29, 1.82) is 10.5 Å². The summed E-state index contributed by atoms with van der Waals surface area (Å²) < 4.78 is 4.60. The van der Waals surface area contributed by atoms with E-state index < -0.39 is 0 Å². The summed E-state index contributed by atoms with van der Waals surface area (Å²) in [4.78, 5) is 0. The van der Waals surface area contributed by atoms with E-state index >= 15 is 0 Å². The van der Waals surface area contributed by atoms with Gasteiger partial charge in [0.2, 0.25) is 0 Å². The largest absolute Gasteiger partial charge is 0.309 e. The van der Waals surface area contributed by atoms with Crippen molar-refractivity contribution in [3.8, 4) is 17.8 Å². The van der Waals surface area contributed by atoms with Gasteiger partial charge >= 0.3 is 0 Å². The van der Waals surface area contributed by atoms with Gasteiger partial charge in [-0.2, -0.15) is 10.5 Å². The van der Waals surface area contributed by atoms with Crippen LogP contribution < -0.4 is 0 Å². The second-order valence-electron chi connectivity index (χ2n) is 9.25. The first-order chi connectivity index (χ1) is 17.8. The summed E-state index contributed by atoms with van der Waals surface area (Å²) >= 11 is 0. The maximum Gasteiger partial charge on any atom is 0.0992 e. The summed E-state index contributed by atoms with van der Waals surface area (Å²) in [5, 5.41) is 26.2. The zero-order valence-electron chi connectivity index (χ0n) is 19.0. The highest BCUT2D eigenvalue weighted by Crippen LogP contribution is 2.46. The topological polar surface area (TPSA) is 56.9 Å². The van der Waals surface area contributed by atoms with Crippen molar-refractivity contribution in [2.75, 3.05) is 0 Å². The molecule has 3 aromatic heterocycles. The Hall–Kier alpha value is -5.32. The van der Waals surface area contributed by atoms with Gasteiger partial charge in [0.25, 0.3) is 0 Å². The van der Waals surface area contributed by atoms with Gasteiger partial charge in [0.1, 0.15) is 0 Å². The Balaban J connectivity index is 1.75. The monoisotopic (exact) mass is 456 g/mol. The van der Waals surface area contributed by atoms with Gasteiger partial charge in [0.15, 0.2) is 0 Å². The van der Waals surface area contributed by atoms with Crippen LogP contribution in [0.25, 0.3) is 65.6 Å². The molecular formula is C32H16N4. The number of benzene rings is 5. The molecule has 0 saturated carbocycles. The fourth-order valence-electron chi connectivity index (χ4n) is 6.04. The third-order valence-electron chi connectivity index (χ3n) is 7.46. The number of fused-ring (bicyclic) bond motifs is 10. The maximum atomic E-state index is 9.68. The minimum Gasteiger partial charge on any atom is -0.309 e. The third kappa shape index (κ3) is 2.21. The molecule has 0 radical (unpaired) electrons. The summed E-state index contributed by atoms with van der Waals surface area (Å²) in [7, 11) is 0. The van der Waals surface area contributed by atoms with Crippen molar-refractivity contribution in [1.82, 2.24) is 8.97 Å². The molecule has 5 aromatic carbocycles. The van der Waals surface area contributed by atoms with Gasteiger partial charge in [-0.05, 0) is 48.5 Å². The van der Waals surface area contributed by atoms with Gasteiger partial charge in [0.05, 0.1) is 50.8 Å². The third-order valence-corrected chi connectivity index (χ3v) is 7.46. The number of rotatable bonds is 1. The Morgan fingerprint density at radius 3 is 1.86 bits per heavy atom. The van der Waals surface area contributed by atoms with Crippen molar-refractivity contribution < 1.29 is 0 Å². The lowest BCUT2D eigenvalue weighted by atomic mass is 10.0. The van der Waals surface area contributed by atoms with E-state index in [0.717, 1.165) is 54.8 Å². The van der Waals surface area contributed by atoms with Crippen molar-refractivity contribution in [3.05, 3.63) is 108 Å². The van der Waals surface area contributed by atoms with Gasteiger partial charge in [-0.3, -0.25) is 0 Å². The molecule has 0 saturated heterocycles. The quantitative estimate of drug-likeness (QED) is 0.254. The van der Waals surface area contributed by atoms with Crippen LogP contribution >= 0.6 is 0 Å². The Morgan fingerprint density at radius 2 is 1.11 bits per heavy atom. The summed E-state index contributed by atoms with van der Waals surface area (Å²) in [6.07, 6.45) is 0. The average Bonchev–Trinajstić information content (AvgIpc) is 3.56. The molecule has 0 unspecified atom stereocenters. The zero-order chi connectivity index (χ0) is 24.0. The number of para-hydroxylation sites is 2. The molecule has 36 heavy (non-hydrogen) atoms. The van der Waals surface area contributed by atoms with E-state index in [1.807, 2.05) is 30.3 Å². The predicted octanol–water partition coefficient (Wildman–Crippen LogP) is 7.68. The molecule has 0 spiro atoms. The fraction of sp³-hybridized carbons (Fsp3) is 0. The standard InChI is InChI=1S/C32H16N4/c33-17-19-10-12-23-26-16-25-22-8-4-5-9-27(22)35(21-6-2-1-3-7-21)31(25)30-24-13-11-20(18-34)15-29(24)36(32(26)30)28(23)14-19/h1-16H. The maximum absolute atomic E-state index is 9.68. The van der Waals surface area contributed by atoms with Gasteiger partial charge < -0.3 is 8.97 Å². The minimum atomic E-state index is 0.618. The molecule has 0 bridgehead atoms. The Bertz CT molecular complexity index is 2270. The Labute approximate surface area is 205 Å². The van der Waals surface area contributed by atoms with Crippen molar-refractivity contribution in [2.45, 2.75) is 0 Å². The lowest BCUT2D eigenvalue weighted by Crippen LogP contribution is -1.93. The Kier molecular flexibility index (Phi) is 3.51. The van der Waals surface area contributed by atoms with Crippen molar-refractivity contribution in [3.63, 3.8) is 0 Å². The summed E-state index contributed by atoms with van der Waals surface area (Å²) in [6.45, 7) is 0. The number of hydrogen-bond donors (Lipinski definition) is 0. The van der Waals surface area contributed by atoms with Crippen LogP contribution in [-0.2, 0) is 0 Å². The Morgan fingerprint density at radius 1 is 0.500 bits per heavy atom. The summed E-state index contributed by atoms with van der Waals surface area (Å²) in [5.74, 6) is 0. The molecule has 3 heterocycles. The van der Waals surface area contributed by atoms with E-state index in [1.165, 1.54) is 10.8 Å². The van der Waals surface area contributed by atoms with Gasteiger partial charge in [0, 0.05) is 38.0 Å². The number of nitrogens with zero attached hydrogens (tertiary/aromatic N) is 4. The molecule has 0 N–H and O–H groups in total. The lowest BCUT2D eigenvalue weighted by molar-refractivity contribution is 1.19. The zero-order valence-corrected chi connectivity index (χ0v) is 19.0. The van der Waals surface area contributed by atoms with E-state index in [0.29, 0.717) is 11.1 Å². The van der Waals surface area contributed by atoms with E-state index in [9.17, 15) is 10.5 Å². The minimum absolute atomic E-state index is 0.618. The van der Waals surface area contributed by atoms with Crippen LogP contribution in [0.5, 0.6) is 0 Å². The molecule has 8 aromatic rings. The van der Waals surface area contributed by atoms with Crippen LogP contribution in [0.2, 0.25) is 0 Å². The molecule has 4 nitrogen and oxygen atoms in total. The van der Waals surface area contributed by atoms with E-state index in [4.69, 9.17) is 0 Å². The molecule has 0 atom stereocenters. The van der Waals surface area contributed by atoms with Gasteiger partial charge in [-0.25, -0.2) is 0 Å². The SMILES string of the molecule is N#Cc1ccc2c3cc4c5ccccc5n(-c5ccccc5)c4c4c5ccc(C#N)cc5n(c2c1)c34. The lowest BCUT2D eigenvalue weighted by Gasteiger charge is -2.09. The predicted molar refractivity (Wildman–Crippen MR) is 145 cm³/mol. The second-order valence-corrected chi connectivity index (χ2v) is 9.25. The molecule has 0 aliphatic heterocycles. The second kappa shape index (κ2) is 6.63. The van der Waals surface area contributed by atoms with Crippen molar-refractivity contribution in [2.24, 2.45) is 0 Å². The molecule has 0 aliphatic rings. The molecule has 0 fully saturated rings. The van der Waals surface area contributed by atoms with Crippen LogP contribution in [-0.4, -0.2) is 8.97 Å². The molecule has 0 amide bonds. The van der Waals surface area contributed by atoms with Crippen LogP contribution in [0.1, 0.15) is 11.1 Å². The normalized spacial score (nSPS) is 11.8. The van der Waals surface area contributed by atoms with Crippen LogP contribution in [0.3, 0.4) is 0 Å². The first-order valence-corrected chi connectivity index (χ1v) is 11.8. The van der Waals surface area contributed by atoms with Crippen molar-refractivity contribution >= 4 is 59.9 Å². The fourth-order valence-corrected chi connectivity index (χ4v) is 6.04. The molecule has 0 aliphatic carbocycles. The molecule has 4 heteroatoms. The van der Waals surface area contributed by atoms with Gasteiger partial charge in [-0.1, -0.05) is 48.5 Å². The van der Waals surface area contributed by atoms with E-state index in [2.05, 4.69) is 87.8 Å². The number of nitriles is 2. The summed E-state index contributed by atoms with van der Waals surface area (Å²) in [6, 6.07) is 37.8. The molecule has 164 valence electrons. The van der Waals surface area contributed by atoms with Gasteiger partial charge in [-0.15, -0.1) is 0 Å². The molecular weight excluding hydrogens is 440 g/mol.